The second kappa shape index (κ2) is 6.33. The van der Waals surface area contributed by atoms with E-state index in [2.05, 4.69) is 4.72 Å². The van der Waals surface area contributed by atoms with Crippen LogP contribution in [0.4, 0.5) is 11.4 Å². The van der Waals surface area contributed by atoms with Crippen molar-refractivity contribution in [1.29, 1.82) is 0 Å². The summed E-state index contributed by atoms with van der Waals surface area (Å²) < 4.78 is 21.7. The smallest absolute Gasteiger partial charge is 0.259 e. The number of nitrogens with two attached hydrogens (primary N) is 1. The standard InChI is InChI=1S/C13H15N3O2S/c14-16(13-4-2-1-3-5-13)10-11-6-8-12(9-7-11)15-19(17)18/h1-9,15H,10,14H2,(H,17,18). The molecule has 0 aliphatic carbocycles. The zero-order valence-electron chi connectivity index (χ0n) is 10.2. The number of benzene rings is 2. The van der Waals surface area contributed by atoms with Gasteiger partial charge in [-0.1, -0.05) is 30.3 Å². The van der Waals surface area contributed by atoms with Gasteiger partial charge in [-0.25, -0.2) is 10.1 Å². The third kappa shape index (κ3) is 4.06. The molecule has 19 heavy (non-hydrogen) atoms. The summed E-state index contributed by atoms with van der Waals surface area (Å²) in [4.78, 5) is 0. The molecule has 0 aromatic heterocycles. The molecule has 0 saturated carbocycles. The van der Waals surface area contributed by atoms with Crippen LogP contribution in [0, 0.1) is 0 Å². The number of nitrogens with one attached hydrogen (secondary N) is 1. The Bertz CT molecular complexity index is 546. The average molecular weight is 277 g/mol. The largest absolute Gasteiger partial charge is 0.307 e. The van der Waals surface area contributed by atoms with Crippen LogP contribution >= 0.6 is 0 Å². The number of hydrazine groups is 1. The number of rotatable bonds is 5. The van der Waals surface area contributed by atoms with Gasteiger partial charge in [-0.15, -0.1) is 0 Å². The fourth-order valence-corrected chi connectivity index (χ4v) is 2.02. The van der Waals surface area contributed by atoms with Crippen molar-refractivity contribution >= 4 is 22.6 Å². The van der Waals surface area contributed by atoms with Crippen LogP contribution in [-0.4, -0.2) is 8.76 Å². The molecule has 100 valence electrons. The fourth-order valence-electron chi connectivity index (χ4n) is 1.69. The maximum atomic E-state index is 10.6. The van der Waals surface area contributed by atoms with Crippen LogP contribution in [0.15, 0.2) is 54.6 Å². The normalized spacial score (nSPS) is 11.9. The van der Waals surface area contributed by atoms with Gasteiger partial charge in [0.25, 0.3) is 11.3 Å². The highest BCUT2D eigenvalue weighted by Crippen LogP contribution is 2.15. The number of hydrogen-bond donors (Lipinski definition) is 3. The Labute approximate surface area is 114 Å². The third-order valence-corrected chi connectivity index (χ3v) is 3.01. The Kier molecular flexibility index (Phi) is 4.51. The summed E-state index contributed by atoms with van der Waals surface area (Å²) in [7, 11) is 0. The molecular formula is C13H15N3O2S. The van der Waals surface area contributed by atoms with E-state index in [1.165, 1.54) is 0 Å². The molecule has 0 saturated heterocycles. The Hall–Kier alpha value is -1.89. The van der Waals surface area contributed by atoms with Gasteiger partial charge in [0.15, 0.2) is 0 Å². The van der Waals surface area contributed by atoms with E-state index in [0.29, 0.717) is 12.2 Å². The summed E-state index contributed by atoms with van der Waals surface area (Å²) in [5.41, 5.74) is 2.54. The number of nitrogens with zero attached hydrogens (tertiary/aromatic N) is 1. The summed E-state index contributed by atoms with van der Waals surface area (Å²) in [6, 6.07) is 16.9. The number of anilines is 2. The van der Waals surface area contributed by atoms with Crippen LogP contribution in [-0.2, 0) is 17.8 Å². The maximum absolute atomic E-state index is 10.6. The maximum Gasteiger partial charge on any atom is 0.259 e. The molecule has 6 heteroatoms. The van der Waals surface area contributed by atoms with Crippen LogP contribution in [0.2, 0.25) is 0 Å². The summed E-state index contributed by atoms with van der Waals surface area (Å²) in [6.45, 7) is 0.562. The topological polar surface area (TPSA) is 78.6 Å². The van der Waals surface area contributed by atoms with Crippen LogP contribution in [0.5, 0.6) is 0 Å². The summed E-state index contributed by atoms with van der Waals surface area (Å²) >= 11 is -2.05. The van der Waals surface area contributed by atoms with Crippen LogP contribution < -0.4 is 15.6 Å². The molecule has 0 amide bonds. The van der Waals surface area contributed by atoms with Crippen molar-refractivity contribution in [2.24, 2.45) is 5.84 Å². The molecule has 0 bridgehead atoms. The molecular weight excluding hydrogens is 262 g/mol. The zero-order chi connectivity index (χ0) is 13.7. The van der Waals surface area contributed by atoms with Gasteiger partial charge in [0.05, 0.1) is 12.2 Å². The second-order valence-electron chi connectivity index (χ2n) is 4.01. The molecule has 4 N–H and O–H groups in total. The molecule has 1 unspecified atom stereocenters. The van der Waals surface area contributed by atoms with E-state index in [4.69, 9.17) is 10.4 Å². The van der Waals surface area contributed by atoms with E-state index in [0.717, 1.165) is 11.3 Å². The Morgan fingerprint density at radius 1 is 1.11 bits per heavy atom. The van der Waals surface area contributed by atoms with Crippen molar-refractivity contribution in [2.75, 3.05) is 9.73 Å². The highest BCUT2D eigenvalue weighted by molar-refractivity contribution is 7.80. The molecule has 0 spiro atoms. The lowest BCUT2D eigenvalue weighted by atomic mass is 10.2. The lowest BCUT2D eigenvalue weighted by Crippen LogP contribution is -2.29. The molecule has 0 aliphatic rings. The lowest BCUT2D eigenvalue weighted by Gasteiger charge is -2.18. The van der Waals surface area contributed by atoms with E-state index >= 15 is 0 Å². The van der Waals surface area contributed by atoms with E-state index < -0.39 is 11.3 Å². The van der Waals surface area contributed by atoms with E-state index in [9.17, 15) is 4.21 Å². The van der Waals surface area contributed by atoms with E-state index in [-0.39, 0.29) is 0 Å². The van der Waals surface area contributed by atoms with Crippen LogP contribution in [0.1, 0.15) is 5.56 Å². The minimum Gasteiger partial charge on any atom is -0.307 e. The highest BCUT2D eigenvalue weighted by atomic mass is 32.2. The molecule has 2 aromatic rings. The van der Waals surface area contributed by atoms with Crippen molar-refractivity contribution in [1.82, 2.24) is 0 Å². The quantitative estimate of drug-likeness (QED) is 0.444. The van der Waals surface area contributed by atoms with Gasteiger partial charge < -0.3 is 5.01 Å². The highest BCUT2D eigenvalue weighted by Gasteiger charge is 2.02. The molecule has 0 fully saturated rings. The third-order valence-electron chi connectivity index (χ3n) is 2.60. The molecule has 5 nitrogen and oxygen atoms in total. The second-order valence-corrected chi connectivity index (χ2v) is 4.71. The van der Waals surface area contributed by atoms with Crippen molar-refractivity contribution in [3.05, 3.63) is 60.2 Å². The molecule has 2 rings (SSSR count). The molecule has 0 heterocycles. The first-order chi connectivity index (χ1) is 9.15. The van der Waals surface area contributed by atoms with Gasteiger partial charge in [-0.2, -0.15) is 0 Å². The Morgan fingerprint density at radius 2 is 1.74 bits per heavy atom. The molecule has 0 aliphatic heterocycles. The first kappa shape index (κ1) is 13.5. The summed E-state index contributed by atoms with van der Waals surface area (Å²) in [5.74, 6) is 5.97. The van der Waals surface area contributed by atoms with Crippen LogP contribution in [0.3, 0.4) is 0 Å². The molecule has 0 radical (unpaired) electrons. The van der Waals surface area contributed by atoms with Gasteiger partial charge in [0.2, 0.25) is 0 Å². The van der Waals surface area contributed by atoms with Crippen molar-refractivity contribution in [3.8, 4) is 0 Å². The van der Waals surface area contributed by atoms with Crippen molar-refractivity contribution in [3.63, 3.8) is 0 Å². The minimum absolute atomic E-state index is 0.562. The van der Waals surface area contributed by atoms with Gasteiger partial charge in [0.1, 0.15) is 0 Å². The zero-order valence-corrected chi connectivity index (χ0v) is 11.0. The predicted molar refractivity (Wildman–Crippen MR) is 77.6 cm³/mol. The van der Waals surface area contributed by atoms with Gasteiger partial charge in [-0.05, 0) is 29.8 Å². The average Bonchev–Trinajstić information content (AvgIpc) is 2.41. The van der Waals surface area contributed by atoms with Gasteiger partial charge in [0, 0.05) is 5.69 Å². The summed E-state index contributed by atoms with van der Waals surface area (Å²) in [6.07, 6.45) is 0. The SMILES string of the molecule is NN(Cc1ccc(NS(=O)O)cc1)c1ccccc1. The summed E-state index contributed by atoms with van der Waals surface area (Å²) in [5, 5.41) is 1.65. The minimum atomic E-state index is -2.05. The van der Waals surface area contributed by atoms with Crippen molar-refractivity contribution in [2.45, 2.75) is 6.54 Å². The van der Waals surface area contributed by atoms with Gasteiger partial charge in [-0.3, -0.25) is 9.27 Å². The van der Waals surface area contributed by atoms with E-state index in [1.54, 1.807) is 17.1 Å². The monoisotopic (exact) mass is 277 g/mol. The van der Waals surface area contributed by atoms with Crippen molar-refractivity contribution < 1.29 is 8.76 Å². The number of para-hydroxylation sites is 1. The lowest BCUT2D eigenvalue weighted by molar-refractivity contribution is 0.570. The fraction of sp³-hybridized carbons (Fsp3) is 0.0769. The van der Waals surface area contributed by atoms with Gasteiger partial charge >= 0.3 is 0 Å². The Morgan fingerprint density at radius 3 is 2.32 bits per heavy atom. The van der Waals surface area contributed by atoms with E-state index in [1.807, 2.05) is 42.5 Å². The predicted octanol–water partition coefficient (Wildman–Crippen LogP) is 2.12. The molecule has 1 atom stereocenters. The molecule has 2 aromatic carbocycles. The Balaban J connectivity index is 2.01. The number of hydrogen-bond acceptors (Lipinski definition) is 3. The van der Waals surface area contributed by atoms with Crippen LogP contribution in [0.25, 0.3) is 0 Å². The first-order valence-corrected chi connectivity index (χ1v) is 6.79. The first-order valence-electron chi connectivity index (χ1n) is 5.69.